The fourth-order valence-corrected chi connectivity index (χ4v) is 2.81. The molecule has 19 heavy (non-hydrogen) atoms. The molecular formula is C14H18N2O3. The Labute approximate surface area is 112 Å². The lowest BCUT2D eigenvalue weighted by molar-refractivity contribution is -0.146. The van der Waals surface area contributed by atoms with E-state index in [1.165, 1.54) is 12.1 Å². The third-order valence-corrected chi connectivity index (χ3v) is 4.53. The van der Waals surface area contributed by atoms with Gasteiger partial charge in [-0.2, -0.15) is 0 Å². The molecule has 0 aromatic heterocycles. The van der Waals surface area contributed by atoms with Gasteiger partial charge in [0.05, 0.1) is 5.41 Å². The fraction of sp³-hybridized carbons (Fsp3) is 0.500. The lowest BCUT2D eigenvalue weighted by atomic mass is 9.81. The third-order valence-electron chi connectivity index (χ3n) is 4.53. The van der Waals surface area contributed by atoms with Crippen LogP contribution in [0.1, 0.15) is 27.2 Å². The van der Waals surface area contributed by atoms with E-state index in [9.17, 15) is 9.90 Å². The number of nitrogens with one attached hydrogen (secondary N) is 2. The number of hydrogen-bond donors (Lipinski definition) is 3. The minimum absolute atomic E-state index is 0.119. The summed E-state index contributed by atoms with van der Waals surface area (Å²) in [5, 5.41) is 15.8. The molecule has 2 saturated heterocycles. The van der Waals surface area contributed by atoms with Crippen LogP contribution in [-0.4, -0.2) is 22.4 Å². The van der Waals surface area contributed by atoms with E-state index < -0.39 is 5.41 Å². The second-order valence-electron chi connectivity index (χ2n) is 5.69. The molecule has 2 fully saturated rings. The van der Waals surface area contributed by atoms with Crippen LogP contribution in [0.5, 0.6) is 11.5 Å². The van der Waals surface area contributed by atoms with Gasteiger partial charge in [-0.15, -0.1) is 0 Å². The van der Waals surface area contributed by atoms with Gasteiger partial charge in [-0.25, -0.2) is 0 Å². The summed E-state index contributed by atoms with van der Waals surface area (Å²) in [6.07, 6.45) is 0.680. The van der Waals surface area contributed by atoms with Gasteiger partial charge >= 0.3 is 5.97 Å². The van der Waals surface area contributed by atoms with Crippen LogP contribution < -0.4 is 15.4 Å². The van der Waals surface area contributed by atoms with E-state index in [1.54, 1.807) is 12.1 Å². The molecule has 0 saturated carbocycles. The lowest BCUT2D eigenvalue weighted by Crippen LogP contribution is -2.47. The topological polar surface area (TPSA) is 90.4 Å². The molecular weight excluding hydrogens is 244 g/mol. The van der Waals surface area contributed by atoms with Crippen molar-refractivity contribution < 1.29 is 14.6 Å². The first-order valence-corrected chi connectivity index (χ1v) is 6.47. The second kappa shape index (κ2) is 3.49. The monoisotopic (exact) mass is 262 g/mol. The second-order valence-corrected chi connectivity index (χ2v) is 5.69. The summed E-state index contributed by atoms with van der Waals surface area (Å²) in [4.78, 5) is 12.4. The van der Waals surface area contributed by atoms with Crippen molar-refractivity contribution in [1.29, 1.82) is 0 Å². The first kappa shape index (κ1) is 12.4. The Morgan fingerprint density at radius 1 is 1.37 bits per heavy atom. The number of rotatable bonds is 4. The summed E-state index contributed by atoms with van der Waals surface area (Å²) in [7, 11) is 0. The van der Waals surface area contributed by atoms with E-state index in [-0.39, 0.29) is 23.0 Å². The lowest BCUT2D eigenvalue weighted by Gasteiger charge is -2.27. The smallest absolute Gasteiger partial charge is 0.320 e. The zero-order valence-electron chi connectivity index (χ0n) is 11.3. The van der Waals surface area contributed by atoms with Crippen LogP contribution in [-0.2, 0) is 4.79 Å². The fourth-order valence-electron chi connectivity index (χ4n) is 2.81. The van der Waals surface area contributed by atoms with Gasteiger partial charge in [0.2, 0.25) is 0 Å². The van der Waals surface area contributed by atoms with Crippen LogP contribution >= 0.6 is 0 Å². The maximum atomic E-state index is 12.4. The Balaban J connectivity index is 1.78. The summed E-state index contributed by atoms with van der Waals surface area (Å²) in [5.74, 6) is 0.334. The SMILES string of the molecule is CCC(C)(C(=O)Oc1ccc(O)cc1)C12NC1(C)N2. The average Bonchev–Trinajstić information content (AvgIpc) is 3.16. The molecule has 2 heterocycles. The first-order valence-electron chi connectivity index (χ1n) is 6.47. The Kier molecular flexibility index (Phi) is 2.29. The van der Waals surface area contributed by atoms with Crippen LogP contribution in [0.2, 0.25) is 0 Å². The van der Waals surface area contributed by atoms with Crippen LogP contribution in [0.15, 0.2) is 24.3 Å². The highest BCUT2D eigenvalue weighted by Crippen LogP contribution is 2.61. The van der Waals surface area contributed by atoms with Crippen molar-refractivity contribution in [3.63, 3.8) is 0 Å². The van der Waals surface area contributed by atoms with Gasteiger partial charge in [-0.05, 0) is 44.5 Å². The van der Waals surface area contributed by atoms with Gasteiger partial charge in [0.25, 0.3) is 0 Å². The van der Waals surface area contributed by atoms with Crippen molar-refractivity contribution >= 4 is 5.97 Å². The Morgan fingerprint density at radius 2 is 1.89 bits per heavy atom. The van der Waals surface area contributed by atoms with Crippen molar-refractivity contribution in [3.05, 3.63) is 24.3 Å². The number of carbonyl (C=O) groups is 1. The number of esters is 1. The zero-order valence-corrected chi connectivity index (χ0v) is 11.3. The predicted octanol–water partition coefficient (Wildman–Crippen LogP) is 1.33. The molecule has 0 bridgehead atoms. The maximum Gasteiger partial charge on any atom is 0.320 e. The van der Waals surface area contributed by atoms with E-state index in [1.807, 2.05) is 20.8 Å². The number of ether oxygens (including phenoxy) is 1. The van der Waals surface area contributed by atoms with Crippen LogP contribution in [0.25, 0.3) is 0 Å². The van der Waals surface area contributed by atoms with E-state index in [2.05, 4.69) is 10.6 Å². The molecule has 5 nitrogen and oxygen atoms in total. The summed E-state index contributed by atoms with van der Waals surface area (Å²) in [5.41, 5.74) is -1.05. The Hall–Kier alpha value is -1.59. The number of fused-ring (bicyclic) bond motifs is 1. The van der Waals surface area contributed by atoms with Gasteiger partial charge < -0.3 is 9.84 Å². The van der Waals surface area contributed by atoms with Crippen LogP contribution in [0, 0.1) is 5.41 Å². The molecule has 3 rings (SSSR count). The molecule has 1 atom stereocenters. The molecule has 0 aliphatic carbocycles. The van der Waals surface area contributed by atoms with Gasteiger partial charge in [0.1, 0.15) is 22.8 Å². The quantitative estimate of drug-likeness (QED) is 0.432. The van der Waals surface area contributed by atoms with Crippen molar-refractivity contribution in [2.24, 2.45) is 5.41 Å². The number of carbonyl (C=O) groups excluding carboxylic acids is 1. The van der Waals surface area contributed by atoms with Gasteiger partial charge in [-0.1, -0.05) is 6.92 Å². The van der Waals surface area contributed by atoms with Crippen LogP contribution in [0.4, 0.5) is 0 Å². The number of aromatic hydroxyl groups is 1. The van der Waals surface area contributed by atoms with Crippen molar-refractivity contribution in [2.75, 3.05) is 0 Å². The molecule has 0 spiro atoms. The molecule has 0 amide bonds. The van der Waals surface area contributed by atoms with Gasteiger partial charge in [0, 0.05) is 0 Å². The summed E-state index contributed by atoms with van der Waals surface area (Å²) in [6.45, 7) is 5.93. The third kappa shape index (κ3) is 1.52. The van der Waals surface area contributed by atoms with E-state index >= 15 is 0 Å². The highest BCUT2D eigenvalue weighted by atomic mass is 16.5. The molecule has 0 radical (unpaired) electrons. The molecule has 2 aliphatic rings. The molecule has 1 unspecified atom stereocenters. The van der Waals surface area contributed by atoms with E-state index in [0.29, 0.717) is 12.2 Å². The summed E-state index contributed by atoms with van der Waals surface area (Å²) in [6, 6.07) is 6.17. The highest BCUT2D eigenvalue weighted by Gasteiger charge is 2.88. The molecule has 102 valence electrons. The number of hydrogen-bond acceptors (Lipinski definition) is 5. The Bertz CT molecular complexity index is 534. The maximum absolute atomic E-state index is 12.4. The molecule has 1 aromatic rings. The largest absolute Gasteiger partial charge is 0.508 e. The van der Waals surface area contributed by atoms with Gasteiger partial charge in [-0.3, -0.25) is 15.4 Å². The highest BCUT2D eigenvalue weighted by molar-refractivity contribution is 5.83. The Morgan fingerprint density at radius 3 is 2.32 bits per heavy atom. The predicted molar refractivity (Wildman–Crippen MR) is 69.5 cm³/mol. The zero-order chi connectivity index (χ0) is 13.9. The van der Waals surface area contributed by atoms with Crippen molar-refractivity contribution in [1.82, 2.24) is 10.6 Å². The number of benzene rings is 1. The standard InChI is InChI=1S/C14H18N2O3/c1-4-12(2,14-13(3,15-14)16-14)11(18)19-10-7-5-9(17)6-8-10/h5-8,15-17H,4H2,1-3H3. The molecule has 2 aliphatic heterocycles. The molecule has 1 aromatic carbocycles. The minimum atomic E-state index is -0.611. The minimum Gasteiger partial charge on any atom is -0.508 e. The molecule has 3 N–H and O–H groups in total. The van der Waals surface area contributed by atoms with Crippen LogP contribution in [0.3, 0.4) is 0 Å². The number of phenolic OH excluding ortho intramolecular Hbond substituents is 1. The van der Waals surface area contributed by atoms with E-state index in [0.717, 1.165) is 0 Å². The van der Waals surface area contributed by atoms with Gasteiger partial charge in [0.15, 0.2) is 0 Å². The summed E-state index contributed by atoms with van der Waals surface area (Å²) < 4.78 is 5.43. The normalized spacial score (nSPS) is 34.1. The summed E-state index contributed by atoms with van der Waals surface area (Å²) >= 11 is 0. The van der Waals surface area contributed by atoms with E-state index in [4.69, 9.17) is 4.74 Å². The number of phenols is 1. The average molecular weight is 262 g/mol. The van der Waals surface area contributed by atoms with Crippen molar-refractivity contribution in [3.8, 4) is 11.5 Å². The molecule has 5 heteroatoms. The van der Waals surface area contributed by atoms with Crippen molar-refractivity contribution in [2.45, 2.75) is 38.5 Å². The first-order chi connectivity index (χ1) is 8.87.